The van der Waals surface area contributed by atoms with Crippen LogP contribution in [0.15, 0.2) is 23.2 Å². The van der Waals surface area contributed by atoms with Crippen molar-refractivity contribution in [3.63, 3.8) is 0 Å². The third kappa shape index (κ3) is 5.63. The van der Waals surface area contributed by atoms with E-state index in [1.807, 2.05) is 43.9 Å². The van der Waals surface area contributed by atoms with Gasteiger partial charge in [-0.1, -0.05) is 19.9 Å². The van der Waals surface area contributed by atoms with Crippen LogP contribution < -0.4 is 20.1 Å². The minimum atomic E-state index is 0. The summed E-state index contributed by atoms with van der Waals surface area (Å²) in [6.45, 7) is 9.07. The lowest BCUT2D eigenvalue weighted by molar-refractivity contribution is -0.133. The first-order chi connectivity index (χ1) is 12.6. The predicted octanol–water partition coefficient (Wildman–Crippen LogP) is 2.35. The summed E-state index contributed by atoms with van der Waals surface area (Å²) in [6.07, 6.45) is 0.937. The maximum atomic E-state index is 12.1. The number of aliphatic imine (C=N–C) groups is 1. The monoisotopic (exact) mass is 488 g/mol. The fraction of sp³-hybridized carbons (Fsp3) is 0.579. The predicted molar refractivity (Wildman–Crippen MR) is 116 cm³/mol. The van der Waals surface area contributed by atoms with E-state index in [2.05, 4.69) is 15.6 Å². The quantitative estimate of drug-likeness (QED) is 0.378. The number of likely N-dealkylation sites (tertiary alicyclic amines) is 1. The van der Waals surface area contributed by atoms with Gasteiger partial charge in [-0.3, -0.25) is 4.79 Å². The summed E-state index contributed by atoms with van der Waals surface area (Å²) in [6, 6.07) is 6.11. The second-order valence-corrected chi connectivity index (χ2v) is 6.95. The van der Waals surface area contributed by atoms with E-state index in [0.29, 0.717) is 6.54 Å². The van der Waals surface area contributed by atoms with Crippen LogP contribution in [0.25, 0.3) is 0 Å². The van der Waals surface area contributed by atoms with E-state index in [1.165, 1.54) is 0 Å². The van der Waals surface area contributed by atoms with Gasteiger partial charge in [0, 0.05) is 31.6 Å². The van der Waals surface area contributed by atoms with Gasteiger partial charge in [0.1, 0.15) is 0 Å². The van der Waals surface area contributed by atoms with Gasteiger partial charge in [0.05, 0.1) is 6.54 Å². The van der Waals surface area contributed by atoms with Crippen LogP contribution in [0.5, 0.6) is 11.5 Å². The fourth-order valence-corrected chi connectivity index (χ4v) is 3.17. The highest BCUT2D eigenvalue weighted by Crippen LogP contribution is 2.32. The van der Waals surface area contributed by atoms with Crippen molar-refractivity contribution >= 4 is 35.8 Å². The maximum Gasteiger partial charge on any atom is 0.231 e. The molecule has 150 valence electrons. The van der Waals surface area contributed by atoms with Crippen molar-refractivity contribution in [2.24, 2.45) is 10.9 Å². The molecular weight excluding hydrogens is 459 g/mol. The molecule has 0 aromatic heterocycles. The van der Waals surface area contributed by atoms with Crippen molar-refractivity contribution in [2.45, 2.75) is 39.8 Å². The van der Waals surface area contributed by atoms with Gasteiger partial charge in [-0.25, -0.2) is 4.99 Å². The normalized spacial score (nSPS) is 18.4. The SMILES string of the molecule is CCNC(=NCc1ccc2c(c1)OCO2)NC1CCN(C(=O)C(C)C)C1.I. The summed E-state index contributed by atoms with van der Waals surface area (Å²) in [5, 5.41) is 6.73. The van der Waals surface area contributed by atoms with Gasteiger partial charge in [0.2, 0.25) is 12.7 Å². The fourth-order valence-electron chi connectivity index (χ4n) is 3.17. The number of fused-ring (bicyclic) bond motifs is 1. The number of amides is 1. The summed E-state index contributed by atoms with van der Waals surface area (Å²) in [7, 11) is 0. The summed E-state index contributed by atoms with van der Waals surface area (Å²) < 4.78 is 10.8. The molecule has 1 aromatic rings. The molecule has 2 aliphatic heterocycles. The molecule has 1 aromatic carbocycles. The van der Waals surface area contributed by atoms with Crippen LogP contribution in [-0.4, -0.2) is 49.2 Å². The van der Waals surface area contributed by atoms with Crippen molar-refractivity contribution in [2.75, 3.05) is 26.4 Å². The number of hydrogen-bond donors (Lipinski definition) is 2. The van der Waals surface area contributed by atoms with Gasteiger partial charge in [0.25, 0.3) is 0 Å². The molecule has 0 bridgehead atoms. The molecule has 3 rings (SSSR count). The number of nitrogens with one attached hydrogen (secondary N) is 2. The second kappa shape index (κ2) is 10.0. The largest absolute Gasteiger partial charge is 0.454 e. The van der Waals surface area contributed by atoms with Crippen LogP contribution in [0.2, 0.25) is 0 Å². The Morgan fingerprint density at radius 2 is 2.11 bits per heavy atom. The number of rotatable bonds is 5. The summed E-state index contributed by atoms with van der Waals surface area (Å²) in [5.74, 6) is 2.59. The van der Waals surface area contributed by atoms with E-state index in [1.54, 1.807) is 0 Å². The zero-order valence-corrected chi connectivity index (χ0v) is 18.5. The van der Waals surface area contributed by atoms with E-state index in [9.17, 15) is 4.79 Å². The molecule has 1 fully saturated rings. The van der Waals surface area contributed by atoms with Crippen LogP contribution in [0.4, 0.5) is 0 Å². The van der Waals surface area contributed by atoms with E-state index in [-0.39, 0.29) is 48.6 Å². The van der Waals surface area contributed by atoms with Gasteiger partial charge in [-0.2, -0.15) is 0 Å². The van der Waals surface area contributed by atoms with Crippen LogP contribution >= 0.6 is 24.0 Å². The Morgan fingerprint density at radius 1 is 1.33 bits per heavy atom. The molecule has 0 spiro atoms. The Morgan fingerprint density at radius 3 is 2.85 bits per heavy atom. The van der Waals surface area contributed by atoms with Gasteiger partial charge in [-0.05, 0) is 31.0 Å². The third-order valence-electron chi connectivity index (χ3n) is 4.54. The molecule has 1 atom stereocenters. The lowest BCUT2D eigenvalue weighted by Crippen LogP contribution is -2.45. The molecule has 0 saturated carbocycles. The first-order valence-electron chi connectivity index (χ1n) is 9.29. The van der Waals surface area contributed by atoms with Crippen molar-refractivity contribution in [1.29, 1.82) is 0 Å². The number of hydrogen-bond acceptors (Lipinski definition) is 4. The number of guanidine groups is 1. The average Bonchev–Trinajstić information content (AvgIpc) is 3.27. The van der Waals surface area contributed by atoms with Crippen LogP contribution in [0.3, 0.4) is 0 Å². The third-order valence-corrected chi connectivity index (χ3v) is 4.54. The number of nitrogens with zero attached hydrogens (tertiary/aromatic N) is 2. The number of ether oxygens (including phenoxy) is 2. The standard InChI is InChI=1S/C19H28N4O3.HI/c1-4-20-19(22-15-7-8-23(11-15)18(24)13(2)3)21-10-14-5-6-16-17(9-14)26-12-25-16;/h5-6,9,13,15H,4,7-8,10-12H2,1-3H3,(H2,20,21,22);1H. The summed E-state index contributed by atoms with van der Waals surface area (Å²) in [5.41, 5.74) is 1.06. The van der Waals surface area contributed by atoms with Crippen LogP contribution in [0, 0.1) is 5.92 Å². The molecule has 7 nitrogen and oxygen atoms in total. The van der Waals surface area contributed by atoms with Gasteiger partial charge in [0.15, 0.2) is 17.5 Å². The van der Waals surface area contributed by atoms with Crippen molar-refractivity contribution in [3.05, 3.63) is 23.8 Å². The Bertz CT molecular complexity index is 681. The van der Waals surface area contributed by atoms with E-state index in [0.717, 1.165) is 49.1 Å². The molecule has 2 heterocycles. The molecule has 2 aliphatic rings. The zero-order chi connectivity index (χ0) is 18.5. The van der Waals surface area contributed by atoms with E-state index >= 15 is 0 Å². The Labute approximate surface area is 177 Å². The van der Waals surface area contributed by atoms with Gasteiger partial charge in [-0.15, -0.1) is 24.0 Å². The molecule has 2 N–H and O–H groups in total. The first-order valence-corrected chi connectivity index (χ1v) is 9.29. The lowest BCUT2D eigenvalue weighted by atomic mass is 10.2. The van der Waals surface area contributed by atoms with Gasteiger partial charge < -0.3 is 25.0 Å². The average molecular weight is 488 g/mol. The molecule has 1 saturated heterocycles. The number of halogens is 1. The first kappa shape index (κ1) is 21.6. The Kier molecular flexibility index (Phi) is 8.00. The van der Waals surface area contributed by atoms with Crippen molar-refractivity contribution in [1.82, 2.24) is 15.5 Å². The zero-order valence-electron chi connectivity index (χ0n) is 16.2. The van der Waals surface area contributed by atoms with Crippen LogP contribution in [-0.2, 0) is 11.3 Å². The highest BCUT2D eigenvalue weighted by atomic mass is 127. The highest BCUT2D eigenvalue weighted by molar-refractivity contribution is 14.0. The molecule has 27 heavy (non-hydrogen) atoms. The van der Waals surface area contributed by atoms with Crippen molar-refractivity contribution in [3.8, 4) is 11.5 Å². The molecular formula is C19H29IN4O3. The Hall–Kier alpha value is -1.71. The number of benzene rings is 1. The number of carbonyl (C=O) groups is 1. The minimum Gasteiger partial charge on any atom is -0.454 e. The van der Waals surface area contributed by atoms with Gasteiger partial charge >= 0.3 is 0 Å². The lowest BCUT2D eigenvalue weighted by Gasteiger charge is -2.20. The topological polar surface area (TPSA) is 75.2 Å². The Balaban J connectivity index is 0.00000261. The summed E-state index contributed by atoms with van der Waals surface area (Å²) >= 11 is 0. The second-order valence-electron chi connectivity index (χ2n) is 6.95. The molecule has 1 amide bonds. The van der Waals surface area contributed by atoms with Crippen LogP contribution in [0.1, 0.15) is 32.8 Å². The molecule has 8 heteroatoms. The number of carbonyl (C=O) groups excluding carboxylic acids is 1. The maximum absolute atomic E-state index is 12.1. The smallest absolute Gasteiger partial charge is 0.231 e. The molecule has 0 radical (unpaired) electrons. The molecule has 1 unspecified atom stereocenters. The molecule has 0 aliphatic carbocycles. The van der Waals surface area contributed by atoms with E-state index in [4.69, 9.17) is 9.47 Å². The van der Waals surface area contributed by atoms with E-state index < -0.39 is 0 Å². The highest BCUT2D eigenvalue weighted by Gasteiger charge is 2.27. The van der Waals surface area contributed by atoms with Crippen molar-refractivity contribution < 1.29 is 14.3 Å². The summed E-state index contributed by atoms with van der Waals surface area (Å²) in [4.78, 5) is 18.7. The minimum absolute atomic E-state index is 0.